The van der Waals surface area contributed by atoms with Crippen molar-refractivity contribution in [2.24, 2.45) is 5.73 Å². The number of allylic oxidation sites excluding steroid dienone is 4. The van der Waals surface area contributed by atoms with Crippen LogP contribution in [0.5, 0.6) is 0 Å². The van der Waals surface area contributed by atoms with Gasteiger partial charge in [-0.2, -0.15) is 0 Å². The molecule has 0 saturated heterocycles. The number of hydrogen-bond acceptors (Lipinski definition) is 8. The normalized spacial score (nSPS) is 13.7. The summed E-state index contributed by atoms with van der Waals surface area (Å²) in [5, 5.41) is 0. The van der Waals surface area contributed by atoms with E-state index in [0.717, 1.165) is 51.4 Å². The number of rotatable bonds is 34. The zero-order valence-electron chi connectivity index (χ0n) is 29.3. The first-order valence-corrected chi connectivity index (χ1v) is 19.8. The van der Waals surface area contributed by atoms with Crippen LogP contribution in [0.1, 0.15) is 162 Å². The van der Waals surface area contributed by atoms with E-state index in [0.29, 0.717) is 6.42 Å². The highest BCUT2D eigenvalue weighted by Crippen LogP contribution is 2.43. The molecule has 270 valence electrons. The van der Waals surface area contributed by atoms with Crippen LogP contribution >= 0.6 is 7.82 Å². The van der Waals surface area contributed by atoms with Gasteiger partial charge in [-0.05, 0) is 44.9 Å². The molecule has 0 aromatic rings. The Morgan fingerprint density at radius 1 is 0.652 bits per heavy atom. The highest BCUT2D eigenvalue weighted by atomic mass is 31.2. The van der Waals surface area contributed by atoms with Crippen LogP contribution in [0, 0.1) is 0 Å². The van der Waals surface area contributed by atoms with Crippen molar-refractivity contribution in [1.29, 1.82) is 0 Å². The summed E-state index contributed by atoms with van der Waals surface area (Å²) >= 11 is 0. The fraction of sp³-hybridized carbons (Fsp3) is 0.833. The van der Waals surface area contributed by atoms with Gasteiger partial charge in [-0.15, -0.1) is 0 Å². The van der Waals surface area contributed by atoms with Crippen LogP contribution in [0.15, 0.2) is 24.3 Å². The molecule has 0 aromatic carbocycles. The Morgan fingerprint density at radius 2 is 1.13 bits per heavy atom. The quantitative estimate of drug-likeness (QED) is 0.0296. The molecule has 46 heavy (non-hydrogen) atoms. The van der Waals surface area contributed by atoms with E-state index in [9.17, 15) is 19.0 Å². The van der Waals surface area contributed by atoms with Crippen LogP contribution in [0.4, 0.5) is 0 Å². The minimum atomic E-state index is -4.36. The Balaban J connectivity index is 4.17. The summed E-state index contributed by atoms with van der Waals surface area (Å²) in [5.74, 6) is -0.844. The zero-order chi connectivity index (χ0) is 34.0. The third-order valence-electron chi connectivity index (χ3n) is 7.59. The van der Waals surface area contributed by atoms with Crippen LogP contribution in [0.25, 0.3) is 0 Å². The van der Waals surface area contributed by atoms with E-state index in [1.807, 2.05) is 0 Å². The first-order chi connectivity index (χ1) is 22.3. The molecule has 0 spiro atoms. The topological polar surface area (TPSA) is 134 Å². The summed E-state index contributed by atoms with van der Waals surface area (Å²) in [7, 11) is -4.36. The largest absolute Gasteiger partial charge is 0.472 e. The molecule has 10 heteroatoms. The molecule has 0 aliphatic heterocycles. The van der Waals surface area contributed by atoms with Gasteiger partial charge in [0.1, 0.15) is 6.61 Å². The number of carbonyl (C=O) groups excluding carboxylic acids is 2. The van der Waals surface area contributed by atoms with Gasteiger partial charge in [-0.25, -0.2) is 4.57 Å². The lowest BCUT2D eigenvalue weighted by atomic mass is 10.1. The predicted octanol–water partition coefficient (Wildman–Crippen LogP) is 9.66. The number of ether oxygens (including phenoxy) is 2. The van der Waals surface area contributed by atoms with Crippen LogP contribution < -0.4 is 5.73 Å². The summed E-state index contributed by atoms with van der Waals surface area (Å²) in [6, 6.07) is 0. The van der Waals surface area contributed by atoms with E-state index in [4.69, 9.17) is 24.3 Å². The number of phosphoric acid groups is 1. The molecule has 0 radical (unpaired) electrons. The molecular formula is C36H68NO8P. The molecule has 0 bridgehead atoms. The lowest BCUT2D eigenvalue weighted by molar-refractivity contribution is -0.161. The van der Waals surface area contributed by atoms with Gasteiger partial charge in [0.25, 0.3) is 0 Å². The van der Waals surface area contributed by atoms with Crippen molar-refractivity contribution in [2.45, 2.75) is 168 Å². The molecule has 0 rings (SSSR count). The Kier molecular flexibility index (Phi) is 32.3. The number of carbonyl (C=O) groups is 2. The first-order valence-electron chi connectivity index (χ1n) is 18.3. The monoisotopic (exact) mass is 673 g/mol. The van der Waals surface area contributed by atoms with Crippen LogP contribution in [-0.4, -0.2) is 49.3 Å². The van der Waals surface area contributed by atoms with E-state index < -0.39 is 32.5 Å². The highest BCUT2D eigenvalue weighted by molar-refractivity contribution is 7.47. The fourth-order valence-electron chi connectivity index (χ4n) is 4.84. The second-order valence-corrected chi connectivity index (χ2v) is 13.5. The lowest BCUT2D eigenvalue weighted by Gasteiger charge is -2.19. The van der Waals surface area contributed by atoms with Gasteiger partial charge in [0, 0.05) is 19.4 Å². The Bertz CT molecular complexity index is 820. The van der Waals surface area contributed by atoms with Gasteiger partial charge in [-0.3, -0.25) is 18.6 Å². The van der Waals surface area contributed by atoms with Gasteiger partial charge in [0.15, 0.2) is 6.10 Å². The summed E-state index contributed by atoms with van der Waals surface area (Å²) in [6.07, 6.45) is 32.2. The first kappa shape index (κ1) is 44.5. The number of phosphoric ester groups is 1. The average molecular weight is 674 g/mol. The van der Waals surface area contributed by atoms with E-state index >= 15 is 0 Å². The maximum Gasteiger partial charge on any atom is 0.472 e. The minimum Gasteiger partial charge on any atom is -0.462 e. The number of hydrogen-bond donors (Lipinski definition) is 2. The molecule has 3 N–H and O–H groups in total. The maximum absolute atomic E-state index is 12.5. The van der Waals surface area contributed by atoms with Gasteiger partial charge in [0.2, 0.25) is 0 Å². The molecule has 0 aliphatic rings. The van der Waals surface area contributed by atoms with E-state index in [1.54, 1.807) is 0 Å². The second kappa shape index (κ2) is 33.4. The second-order valence-electron chi connectivity index (χ2n) is 12.1. The van der Waals surface area contributed by atoms with Gasteiger partial charge in [-0.1, -0.05) is 128 Å². The molecule has 2 atom stereocenters. The SMILES string of the molecule is CCCCCC/C=C\C/C=C\CCCCCCCCCC(=O)OC(COC(=O)CCCCCCCCC)COP(=O)(O)OCCN. The Morgan fingerprint density at radius 3 is 1.67 bits per heavy atom. The third-order valence-corrected chi connectivity index (χ3v) is 8.57. The third kappa shape index (κ3) is 32.4. The Labute approximate surface area is 281 Å². The summed E-state index contributed by atoms with van der Waals surface area (Å²) in [5.41, 5.74) is 5.31. The molecule has 0 fully saturated rings. The fourth-order valence-corrected chi connectivity index (χ4v) is 5.60. The maximum atomic E-state index is 12.5. The van der Waals surface area contributed by atoms with Crippen molar-refractivity contribution in [3.05, 3.63) is 24.3 Å². The van der Waals surface area contributed by atoms with E-state index in [1.165, 1.54) is 77.0 Å². The summed E-state index contributed by atoms with van der Waals surface area (Å²) < 4.78 is 32.5. The van der Waals surface area contributed by atoms with Crippen LogP contribution in [0.2, 0.25) is 0 Å². The number of esters is 2. The molecule has 0 amide bonds. The van der Waals surface area contributed by atoms with Gasteiger partial charge >= 0.3 is 19.8 Å². The standard InChI is InChI=1S/C36H68NO8P/c1-3-5-7-9-11-12-13-14-15-16-17-18-19-20-21-23-25-27-29-36(39)45-34(33-44-46(40,41)43-31-30-37)32-42-35(38)28-26-24-22-10-8-6-4-2/h12-13,15-16,34H,3-11,14,17-33,37H2,1-2H3,(H,40,41)/b13-12-,16-15-. The van der Waals surface area contributed by atoms with Crippen molar-refractivity contribution in [2.75, 3.05) is 26.4 Å². The van der Waals surface area contributed by atoms with Crippen molar-refractivity contribution in [1.82, 2.24) is 0 Å². The summed E-state index contributed by atoms with van der Waals surface area (Å²) in [4.78, 5) is 34.5. The van der Waals surface area contributed by atoms with Crippen molar-refractivity contribution < 1.29 is 37.6 Å². The van der Waals surface area contributed by atoms with Gasteiger partial charge in [0.05, 0.1) is 13.2 Å². The highest BCUT2D eigenvalue weighted by Gasteiger charge is 2.25. The Hall–Kier alpha value is -1.51. The van der Waals surface area contributed by atoms with Gasteiger partial charge < -0.3 is 20.1 Å². The van der Waals surface area contributed by atoms with Crippen molar-refractivity contribution in [3.63, 3.8) is 0 Å². The predicted molar refractivity (Wildman–Crippen MR) is 187 cm³/mol. The molecule has 0 aliphatic carbocycles. The zero-order valence-corrected chi connectivity index (χ0v) is 30.2. The molecular weight excluding hydrogens is 605 g/mol. The minimum absolute atomic E-state index is 0.0529. The molecule has 2 unspecified atom stereocenters. The van der Waals surface area contributed by atoms with Crippen LogP contribution in [-0.2, 0) is 32.7 Å². The van der Waals surface area contributed by atoms with Crippen molar-refractivity contribution >= 4 is 19.8 Å². The number of unbranched alkanes of at least 4 members (excludes halogenated alkanes) is 17. The average Bonchev–Trinajstić information content (AvgIpc) is 3.04. The van der Waals surface area contributed by atoms with E-state index in [-0.39, 0.29) is 32.6 Å². The number of nitrogens with two attached hydrogens (primary N) is 1. The van der Waals surface area contributed by atoms with Crippen molar-refractivity contribution in [3.8, 4) is 0 Å². The smallest absolute Gasteiger partial charge is 0.462 e. The molecule has 9 nitrogen and oxygen atoms in total. The lowest BCUT2D eigenvalue weighted by Crippen LogP contribution is -2.29. The molecule has 0 aromatic heterocycles. The molecule has 0 heterocycles. The summed E-state index contributed by atoms with van der Waals surface area (Å²) in [6.45, 7) is 3.64. The molecule has 0 saturated carbocycles. The van der Waals surface area contributed by atoms with Crippen LogP contribution in [0.3, 0.4) is 0 Å². The van der Waals surface area contributed by atoms with E-state index in [2.05, 4.69) is 38.2 Å².